The van der Waals surface area contributed by atoms with Crippen molar-refractivity contribution in [3.63, 3.8) is 0 Å². The lowest BCUT2D eigenvalue weighted by atomic mass is 10.0. The SMILES string of the molecule is CC(=O)C1=CCC=C(Br)C1. The number of hydrogen-bond donors (Lipinski definition) is 0. The first kappa shape index (κ1) is 7.73. The highest BCUT2D eigenvalue weighted by Crippen LogP contribution is 2.23. The van der Waals surface area contributed by atoms with Crippen molar-refractivity contribution in [2.24, 2.45) is 0 Å². The normalized spacial score (nSPS) is 17.8. The van der Waals surface area contributed by atoms with Gasteiger partial charge in [0.1, 0.15) is 0 Å². The maximum atomic E-state index is 10.8. The number of hydrogen-bond acceptors (Lipinski definition) is 1. The monoisotopic (exact) mass is 200 g/mol. The van der Waals surface area contributed by atoms with E-state index in [-0.39, 0.29) is 5.78 Å². The maximum Gasteiger partial charge on any atom is 0.155 e. The second-order valence-electron chi connectivity index (χ2n) is 2.35. The van der Waals surface area contributed by atoms with Crippen molar-refractivity contribution in [1.82, 2.24) is 0 Å². The topological polar surface area (TPSA) is 17.1 Å². The van der Waals surface area contributed by atoms with E-state index in [0.717, 1.165) is 22.9 Å². The zero-order chi connectivity index (χ0) is 7.56. The molecule has 0 radical (unpaired) electrons. The summed E-state index contributed by atoms with van der Waals surface area (Å²) in [5, 5.41) is 0. The highest BCUT2D eigenvalue weighted by molar-refractivity contribution is 9.11. The Morgan fingerprint density at radius 3 is 2.70 bits per heavy atom. The number of rotatable bonds is 1. The molecule has 10 heavy (non-hydrogen) atoms. The van der Waals surface area contributed by atoms with Gasteiger partial charge in [-0.3, -0.25) is 4.79 Å². The lowest BCUT2D eigenvalue weighted by Gasteiger charge is -2.06. The molecule has 0 saturated carbocycles. The predicted octanol–water partition coefficient (Wildman–Crippen LogP) is 2.57. The minimum Gasteiger partial charge on any atom is -0.295 e. The smallest absolute Gasteiger partial charge is 0.155 e. The van der Waals surface area contributed by atoms with Gasteiger partial charge in [-0.15, -0.1) is 0 Å². The molecule has 0 heterocycles. The van der Waals surface area contributed by atoms with Gasteiger partial charge in [0.25, 0.3) is 0 Å². The Balaban J connectivity index is 2.66. The molecular formula is C8H9BrO. The highest BCUT2D eigenvalue weighted by atomic mass is 79.9. The van der Waals surface area contributed by atoms with Gasteiger partial charge in [0.05, 0.1) is 0 Å². The van der Waals surface area contributed by atoms with Crippen LogP contribution < -0.4 is 0 Å². The Hall–Kier alpha value is -0.370. The van der Waals surface area contributed by atoms with Crippen LogP contribution in [0, 0.1) is 0 Å². The molecule has 0 unspecified atom stereocenters. The molecular weight excluding hydrogens is 192 g/mol. The second-order valence-corrected chi connectivity index (χ2v) is 3.37. The van der Waals surface area contributed by atoms with E-state index in [2.05, 4.69) is 22.0 Å². The first-order valence-electron chi connectivity index (χ1n) is 3.24. The van der Waals surface area contributed by atoms with Gasteiger partial charge in [-0.25, -0.2) is 0 Å². The quantitative estimate of drug-likeness (QED) is 0.637. The molecule has 0 spiro atoms. The summed E-state index contributed by atoms with van der Waals surface area (Å²) in [6.45, 7) is 1.61. The zero-order valence-electron chi connectivity index (χ0n) is 5.86. The number of halogens is 1. The average Bonchev–Trinajstić information content (AvgIpc) is 1.88. The first-order chi connectivity index (χ1) is 4.70. The molecule has 0 atom stereocenters. The van der Waals surface area contributed by atoms with Crippen LogP contribution >= 0.6 is 15.9 Å². The molecule has 0 aromatic heterocycles. The van der Waals surface area contributed by atoms with Crippen molar-refractivity contribution in [3.8, 4) is 0 Å². The molecule has 0 amide bonds. The van der Waals surface area contributed by atoms with Crippen molar-refractivity contribution >= 4 is 21.7 Å². The maximum absolute atomic E-state index is 10.8. The van der Waals surface area contributed by atoms with Crippen LogP contribution in [0.5, 0.6) is 0 Å². The highest BCUT2D eigenvalue weighted by Gasteiger charge is 2.07. The summed E-state index contributed by atoms with van der Waals surface area (Å²) in [7, 11) is 0. The molecule has 2 heteroatoms. The van der Waals surface area contributed by atoms with Crippen molar-refractivity contribution in [2.75, 3.05) is 0 Å². The van der Waals surface area contributed by atoms with Gasteiger partial charge in [0.15, 0.2) is 5.78 Å². The van der Waals surface area contributed by atoms with Gasteiger partial charge >= 0.3 is 0 Å². The number of carbonyl (C=O) groups excluding carboxylic acids is 1. The Morgan fingerprint density at radius 1 is 1.60 bits per heavy atom. The summed E-state index contributed by atoms with van der Waals surface area (Å²) < 4.78 is 1.13. The summed E-state index contributed by atoms with van der Waals surface area (Å²) in [4.78, 5) is 10.8. The standard InChI is InChI=1S/C8H9BrO/c1-6(10)7-3-2-4-8(9)5-7/h3-4H,2,5H2,1H3. The van der Waals surface area contributed by atoms with Gasteiger partial charge in [0, 0.05) is 6.42 Å². The van der Waals surface area contributed by atoms with Crippen LogP contribution in [0.4, 0.5) is 0 Å². The number of carbonyl (C=O) groups is 1. The minimum atomic E-state index is 0.185. The first-order valence-corrected chi connectivity index (χ1v) is 4.04. The molecule has 0 N–H and O–H groups in total. The molecule has 0 aliphatic heterocycles. The van der Waals surface area contributed by atoms with Crippen molar-refractivity contribution in [1.29, 1.82) is 0 Å². The van der Waals surface area contributed by atoms with Crippen LogP contribution in [-0.2, 0) is 4.79 Å². The third-order valence-corrected chi connectivity index (χ3v) is 2.12. The third-order valence-electron chi connectivity index (χ3n) is 1.52. The van der Waals surface area contributed by atoms with Crippen LogP contribution in [0.3, 0.4) is 0 Å². The van der Waals surface area contributed by atoms with Crippen LogP contribution in [0.2, 0.25) is 0 Å². The molecule has 54 valence electrons. The van der Waals surface area contributed by atoms with Crippen LogP contribution in [0.1, 0.15) is 19.8 Å². The van der Waals surface area contributed by atoms with Crippen LogP contribution in [0.15, 0.2) is 22.2 Å². The Labute approximate surface area is 68.9 Å². The lowest BCUT2D eigenvalue weighted by Crippen LogP contribution is -1.99. The lowest BCUT2D eigenvalue weighted by molar-refractivity contribution is -0.113. The fourth-order valence-corrected chi connectivity index (χ4v) is 1.41. The van der Waals surface area contributed by atoms with E-state index in [1.54, 1.807) is 6.92 Å². The van der Waals surface area contributed by atoms with E-state index in [0.29, 0.717) is 0 Å². The summed E-state index contributed by atoms with van der Waals surface area (Å²) >= 11 is 3.36. The second kappa shape index (κ2) is 3.15. The van der Waals surface area contributed by atoms with E-state index in [9.17, 15) is 4.79 Å². The van der Waals surface area contributed by atoms with E-state index in [1.165, 1.54) is 0 Å². The third kappa shape index (κ3) is 1.81. The molecule has 1 aliphatic rings. The number of Topliss-reactive ketones (excluding diaryl/α,β-unsaturated/α-hetero) is 1. The molecule has 0 saturated heterocycles. The number of ketones is 1. The largest absolute Gasteiger partial charge is 0.295 e. The molecule has 1 rings (SSSR count). The molecule has 1 aliphatic carbocycles. The molecule has 0 bridgehead atoms. The fraction of sp³-hybridized carbons (Fsp3) is 0.375. The molecule has 1 nitrogen and oxygen atoms in total. The summed E-state index contributed by atoms with van der Waals surface area (Å²) in [5.74, 6) is 0.185. The van der Waals surface area contributed by atoms with E-state index in [1.807, 2.05) is 6.08 Å². The van der Waals surface area contributed by atoms with E-state index >= 15 is 0 Å². The molecule has 0 fully saturated rings. The minimum absolute atomic E-state index is 0.185. The Morgan fingerprint density at radius 2 is 2.30 bits per heavy atom. The molecule has 0 aromatic carbocycles. The van der Waals surface area contributed by atoms with Crippen LogP contribution in [0.25, 0.3) is 0 Å². The van der Waals surface area contributed by atoms with Gasteiger partial charge in [-0.05, 0) is 23.4 Å². The summed E-state index contributed by atoms with van der Waals surface area (Å²) in [5.41, 5.74) is 0.925. The van der Waals surface area contributed by atoms with Gasteiger partial charge in [-0.1, -0.05) is 28.1 Å². The van der Waals surface area contributed by atoms with E-state index in [4.69, 9.17) is 0 Å². The zero-order valence-corrected chi connectivity index (χ0v) is 7.44. The Kier molecular flexibility index (Phi) is 2.44. The van der Waals surface area contributed by atoms with E-state index < -0.39 is 0 Å². The van der Waals surface area contributed by atoms with Crippen molar-refractivity contribution in [2.45, 2.75) is 19.8 Å². The van der Waals surface area contributed by atoms with Gasteiger partial charge in [0.2, 0.25) is 0 Å². The fourth-order valence-electron chi connectivity index (χ4n) is 0.924. The van der Waals surface area contributed by atoms with Gasteiger partial charge < -0.3 is 0 Å². The average molecular weight is 201 g/mol. The predicted molar refractivity (Wildman–Crippen MR) is 45.0 cm³/mol. The number of allylic oxidation sites excluding steroid dienone is 4. The summed E-state index contributed by atoms with van der Waals surface area (Å²) in [6, 6.07) is 0. The van der Waals surface area contributed by atoms with Gasteiger partial charge in [-0.2, -0.15) is 0 Å². The Bertz CT molecular complexity index is 213. The van der Waals surface area contributed by atoms with Crippen LogP contribution in [-0.4, -0.2) is 5.78 Å². The summed E-state index contributed by atoms with van der Waals surface area (Å²) in [6.07, 6.45) is 5.71. The van der Waals surface area contributed by atoms with Crippen molar-refractivity contribution < 1.29 is 4.79 Å². The van der Waals surface area contributed by atoms with Crippen molar-refractivity contribution in [3.05, 3.63) is 22.2 Å². The molecule has 0 aromatic rings.